The molecule has 1 amide bonds. The smallest absolute Gasteiger partial charge is 0.230 e. The van der Waals surface area contributed by atoms with Gasteiger partial charge in [-0.05, 0) is 18.4 Å². The van der Waals surface area contributed by atoms with Crippen molar-refractivity contribution >= 4 is 23.1 Å². The van der Waals surface area contributed by atoms with Crippen LogP contribution in [-0.4, -0.2) is 28.9 Å². The molecule has 0 spiro atoms. The molecule has 3 nitrogen and oxygen atoms in total. The molecule has 1 aromatic carbocycles. The summed E-state index contributed by atoms with van der Waals surface area (Å²) in [6, 6.07) is 10.0. The number of hydrogen-bond acceptors (Lipinski definition) is 2. The molecule has 2 N–H and O–H groups in total. The van der Waals surface area contributed by atoms with Crippen molar-refractivity contribution in [2.24, 2.45) is 11.7 Å². The highest BCUT2D eigenvalue weighted by atomic mass is 32.1. The molecule has 4 heteroatoms. The Morgan fingerprint density at radius 1 is 1.29 bits per heavy atom. The summed E-state index contributed by atoms with van der Waals surface area (Å²) in [4.78, 5) is 15.1. The van der Waals surface area contributed by atoms with Gasteiger partial charge in [0.2, 0.25) is 5.91 Å². The van der Waals surface area contributed by atoms with Gasteiger partial charge in [0.05, 0.1) is 10.9 Å². The van der Waals surface area contributed by atoms with Crippen LogP contribution in [0.5, 0.6) is 0 Å². The lowest BCUT2D eigenvalue weighted by atomic mass is 9.84. The number of nitrogens with zero attached hydrogens (tertiary/aromatic N) is 1. The molecule has 0 aliphatic carbocycles. The van der Waals surface area contributed by atoms with Gasteiger partial charge in [0.25, 0.3) is 0 Å². The minimum Gasteiger partial charge on any atom is -0.393 e. The third-order valence-corrected chi connectivity index (χ3v) is 4.31. The van der Waals surface area contributed by atoms with E-state index in [9.17, 15) is 4.79 Å². The maximum atomic E-state index is 12.9. The molecule has 0 saturated carbocycles. The van der Waals surface area contributed by atoms with Crippen LogP contribution in [-0.2, 0) is 4.79 Å². The molecular formula is C17H26N2OS. The zero-order valence-corrected chi connectivity index (χ0v) is 14.2. The van der Waals surface area contributed by atoms with Crippen molar-refractivity contribution in [1.82, 2.24) is 4.90 Å². The lowest BCUT2D eigenvalue weighted by Crippen LogP contribution is -2.41. The van der Waals surface area contributed by atoms with E-state index in [2.05, 4.69) is 13.8 Å². The number of benzene rings is 1. The molecular weight excluding hydrogens is 280 g/mol. The monoisotopic (exact) mass is 306 g/mol. The molecule has 1 aromatic rings. The maximum absolute atomic E-state index is 12.9. The number of likely N-dealkylation sites (N-methyl/N-ethyl adjacent to an activating group) is 1. The van der Waals surface area contributed by atoms with Crippen LogP contribution in [0.2, 0.25) is 0 Å². The summed E-state index contributed by atoms with van der Waals surface area (Å²) in [5, 5.41) is 0. The molecule has 0 bridgehead atoms. The summed E-state index contributed by atoms with van der Waals surface area (Å²) in [5.74, 6) is 0.314. The Morgan fingerprint density at radius 3 is 2.33 bits per heavy atom. The first kappa shape index (κ1) is 17.6. The van der Waals surface area contributed by atoms with Gasteiger partial charge >= 0.3 is 0 Å². The van der Waals surface area contributed by atoms with Gasteiger partial charge in [-0.1, -0.05) is 62.8 Å². The molecule has 0 heterocycles. The zero-order valence-electron chi connectivity index (χ0n) is 13.4. The van der Waals surface area contributed by atoms with Crippen LogP contribution in [0.3, 0.4) is 0 Å². The largest absolute Gasteiger partial charge is 0.393 e. The summed E-state index contributed by atoms with van der Waals surface area (Å²) in [5.41, 5.74) is 6.67. The Hall–Kier alpha value is -1.42. The normalized spacial score (nSPS) is 15.0. The summed E-state index contributed by atoms with van der Waals surface area (Å²) in [6.07, 6.45) is 1.52. The van der Waals surface area contributed by atoms with Crippen molar-refractivity contribution in [3.63, 3.8) is 0 Å². The van der Waals surface area contributed by atoms with E-state index in [1.807, 2.05) is 44.3 Å². The number of carbonyl (C=O) groups is 1. The molecule has 21 heavy (non-hydrogen) atoms. The summed E-state index contributed by atoms with van der Waals surface area (Å²) in [7, 11) is 1.84. The third-order valence-electron chi connectivity index (χ3n) is 4.14. The van der Waals surface area contributed by atoms with Crippen molar-refractivity contribution in [3.8, 4) is 0 Å². The minimum atomic E-state index is -0.116. The van der Waals surface area contributed by atoms with Crippen LogP contribution < -0.4 is 5.73 Å². The summed E-state index contributed by atoms with van der Waals surface area (Å²) >= 11 is 4.95. The highest BCUT2D eigenvalue weighted by molar-refractivity contribution is 7.80. The molecule has 116 valence electrons. The van der Waals surface area contributed by atoms with Crippen molar-refractivity contribution in [1.29, 1.82) is 0 Å². The van der Waals surface area contributed by atoms with E-state index >= 15 is 0 Å². The van der Waals surface area contributed by atoms with Crippen LogP contribution in [0.4, 0.5) is 0 Å². The van der Waals surface area contributed by atoms with Gasteiger partial charge in [-0.25, -0.2) is 0 Å². The Labute approximate surface area is 133 Å². The molecule has 0 aliphatic heterocycles. The fourth-order valence-corrected chi connectivity index (χ4v) is 2.72. The average Bonchev–Trinajstić information content (AvgIpc) is 2.46. The van der Waals surface area contributed by atoms with Gasteiger partial charge in [0.15, 0.2) is 0 Å². The van der Waals surface area contributed by atoms with Crippen LogP contribution in [0.1, 0.15) is 45.1 Å². The van der Waals surface area contributed by atoms with Crippen molar-refractivity contribution < 1.29 is 4.79 Å². The fraction of sp³-hybridized carbons (Fsp3) is 0.529. The number of rotatable bonds is 7. The van der Waals surface area contributed by atoms with Crippen molar-refractivity contribution in [2.45, 2.75) is 45.6 Å². The van der Waals surface area contributed by atoms with Gasteiger partial charge < -0.3 is 10.6 Å². The lowest BCUT2D eigenvalue weighted by molar-refractivity contribution is -0.134. The highest BCUT2D eigenvalue weighted by Crippen LogP contribution is 2.29. The Kier molecular flexibility index (Phi) is 6.82. The first-order valence-corrected chi connectivity index (χ1v) is 7.89. The van der Waals surface area contributed by atoms with Crippen LogP contribution >= 0.6 is 12.2 Å². The topological polar surface area (TPSA) is 46.3 Å². The predicted octanol–water partition coefficient (Wildman–Crippen LogP) is 3.34. The fourth-order valence-electron chi connectivity index (χ4n) is 2.48. The molecule has 0 saturated heterocycles. The molecule has 0 aromatic heterocycles. The van der Waals surface area contributed by atoms with Gasteiger partial charge in [0.1, 0.15) is 0 Å². The van der Waals surface area contributed by atoms with Crippen molar-refractivity contribution in [3.05, 3.63) is 35.9 Å². The van der Waals surface area contributed by atoms with Crippen LogP contribution in [0.15, 0.2) is 30.3 Å². The summed E-state index contributed by atoms with van der Waals surface area (Å²) < 4.78 is 0. The molecule has 0 aliphatic rings. The SMILES string of the molecule is CCC(C)C(C(=O)N(C)C(C)CC(N)=S)c1ccccc1. The number of amides is 1. The second-order valence-electron chi connectivity index (χ2n) is 5.74. The minimum absolute atomic E-state index is 0.0188. The highest BCUT2D eigenvalue weighted by Gasteiger charge is 2.30. The second-order valence-corrected chi connectivity index (χ2v) is 6.27. The molecule has 3 atom stereocenters. The summed E-state index contributed by atoms with van der Waals surface area (Å²) in [6.45, 7) is 6.23. The molecule has 0 fully saturated rings. The number of hydrogen-bond donors (Lipinski definition) is 1. The van der Waals surface area contributed by atoms with Crippen LogP contribution in [0, 0.1) is 5.92 Å². The van der Waals surface area contributed by atoms with E-state index in [4.69, 9.17) is 18.0 Å². The number of carbonyl (C=O) groups excluding carboxylic acids is 1. The second kappa shape index (κ2) is 8.13. The Morgan fingerprint density at radius 2 is 1.86 bits per heavy atom. The predicted molar refractivity (Wildman–Crippen MR) is 92.3 cm³/mol. The lowest BCUT2D eigenvalue weighted by Gasteiger charge is -2.31. The van der Waals surface area contributed by atoms with Gasteiger partial charge in [-0.15, -0.1) is 0 Å². The maximum Gasteiger partial charge on any atom is 0.230 e. The first-order valence-electron chi connectivity index (χ1n) is 7.48. The zero-order chi connectivity index (χ0) is 16.0. The van der Waals surface area contributed by atoms with Crippen LogP contribution in [0.25, 0.3) is 0 Å². The first-order chi connectivity index (χ1) is 9.88. The van der Waals surface area contributed by atoms with E-state index < -0.39 is 0 Å². The number of thiocarbonyl (C=S) groups is 1. The van der Waals surface area contributed by atoms with Gasteiger partial charge in [0, 0.05) is 19.5 Å². The third kappa shape index (κ3) is 4.81. The van der Waals surface area contributed by atoms with E-state index in [1.165, 1.54) is 0 Å². The van der Waals surface area contributed by atoms with Crippen molar-refractivity contribution in [2.75, 3.05) is 7.05 Å². The molecule has 3 unspecified atom stereocenters. The van der Waals surface area contributed by atoms with E-state index in [0.717, 1.165) is 12.0 Å². The van der Waals surface area contributed by atoms with E-state index in [-0.39, 0.29) is 17.9 Å². The molecule has 0 radical (unpaired) electrons. The van der Waals surface area contributed by atoms with E-state index in [0.29, 0.717) is 17.3 Å². The Bertz CT molecular complexity index is 475. The standard InChI is InChI=1S/C17H26N2OS/c1-5-12(2)16(14-9-7-6-8-10-14)17(20)19(4)13(3)11-15(18)21/h6-10,12-13,16H,5,11H2,1-4H3,(H2,18,21). The van der Waals surface area contributed by atoms with E-state index in [1.54, 1.807) is 4.90 Å². The number of nitrogens with two attached hydrogens (primary N) is 1. The molecule has 1 rings (SSSR count). The quantitative estimate of drug-likeness (QED) is 0.786. The Balaban J connectivity index is 2.98. The van der Waals surface area contributed by atoms with Gasteiger partial charge in [-0.2, -0.15) is 0 Å². The van der Waals surface area contributed by atoms with Gasteiger partial charge in [-0.3, -0.25) is 4.79 Å². The average molecular weight is 306 g/mol.